The monoisotopic (exact) mass is 281 g/mol. The van der Waals surface area contributed by atoms with E-state index in [9.17, 15) is 22.8 Å². The molecule has 0 bridgehead atoms. The van der Waals surface area contributed by atoms with Crippen LogP contribution in [0.25, 0.3) is 0 Å². The highest BCUT2D eigenvalue weighted by Gasteiger charge is 2.62. The van der Waals surface area contributed by atoms with Crippen molar-refractivity contribution in [2.24, 2.45) is 11.1 Å². The van der Waals surface area contributed by atoms with Crippen LogP contribution in [0.4, 0.5) is 13.2 Å². The standard InChI is InChI=1S/C11H18F3N3O2/c1-7(2)17(5-8(15)18)9(19)10(11(12,13)14)3-4-16-6-10/h7,16H,3-6H2,1-2H3,(H2,15,18). The van der Waals surface area contributed by atoms with Gasteiger partial charge in [-0.05, 0) is 26.8 Å². The van der Waals surface area contributed by atoms with Crippen LogP contribution in [0.1, 0.15) is 20.3 Å². The van der Waals surface area contributed by atoms with Crippen molar-refractivity contribution in [2.45, 2.75) is 32.5 Å². The normalized spacial score (nSPS) is 23.7. The minimum absolute atomic E-state index is 0.119. The molecule has 1 saturated heterocycles. The van der Waals surface area contributed by atoms with E-state index in [-0.39, 0.29) is 13.0 Å². The second-order valence-electron chi connectivity index (χ2n) is 5.00. The molecule has 0 aliphatic carbocycles. The lowest BCUT2D eigenvalue weighted by Gasteiger charge is -2.36. The minimum atomic E-state index is -4.65. The maximum Gasteiger partial charge on any atom is 0.404 e. The van der Waals surface area contributed by atoms with Gasteiger partial charge in [-0.25, -0.2) is 0 Å². The summed E-state index contributed by atoms with van der Waals surface area (Å²) < 4.78 is 39.7. The van der Waals surface area contributed by atoms with E-state index in [1.807, 2.05) is 0 Å². The summed E-state index contributed by atoms with van der Waals surface area (Å²) in [5, 5.41) is 2.56. The Morgan fingerprint density at radius 1 is 1.42 bits per heavy atom. The summed E-state index contributed by atoms with van der Waals surface area (Å²) in [7, 11) is 0. The Hall–Kier alpha value is -1.31. The fourth-order valence-electron chi connectivity index (χ4n) is 2.17. The molecule has 1 aliphatic heterocycles. The number of carbonyl (C=O) groups is 2. The summed E-state index contributed by atoms with van der Waals surface area (Å²) in [6.45, 7) is 2.25. The maximum absolute atomic E-state index is 13.2. The molecule has 1 rings (SSSR count). The second kappa shape index (κ2) is 5.36. The van der Waals surface area contributed by atoms with E-state index in [1.54, 1.807) is 13.8 Å². The van der Waals surface area contributed by atoms with Gasteiger partial charge in [0.25, 0.3) is 0 Å². The van der Waals surface area contributed by atoms with Crippen molar-refractivity contribution in [1.29, 1.82) is 0 Å². The zero-order valence-electron chi connectivity index (χ0n) is 10.9. The number of amides is 2. The Kier molecular flexibility index (Phi) is 4.44. The van der Waals surface area contributed by atoms with E-state index in [2.05, 4.69) is 5.32 Å². The van der Waals surface area contributed by atoms with E-state index in [0.29, 0.717) is 0 Å². The van der Waals surface area contributed by atoms with Crippen molar-refractivity contribution in [1.82, 2.24) is 10.2 Å². The van der Waals surface area contributed by atoms with Crippen LogP contribution >= 0.6 is 0 Å². The van der Waals surface area contributed by atoms with Crippen LogP contribution in [0.2, 0.25) is 0 Å². The van der Waals surface area contributed by atoms with Crippen LogP contribution in [0.3, 0.4) is 0 Å². The number of rotatable bonds is 4. The Balaban J connectivity index is 3.08. The number of hydrogen-bond donors (Lipinski definition) is 2. The SMILES string of the molecule is CC(C)N(CC(N)=O)C(=O)C1(C(F)(F)F)CCNC1. The molecule has 0 aromatic carbocycles. The van der Waals surface area contributed by atoms with E-state index in [4.69, 9.17) is 5.73 Å². The fraction of sp³-hybridized carbons (Fsp3) is 0.818. The predicted octanol–water partition coefficient (Wildman–Crippen LogP) is 0.251. The van der Waals surface area contributed by atoms with E-state index < -0.39 is 42.5 Å². The molecule has 0 aromatic heterocycles. The Labute approximate surface area is 109 Å². The molecular formula is C11H18F3N3O2. The van der Waals surface area contributed by atoms with Crippen molar-refractivity contribution in [2.75, 3.05) is 19.6 Å². The largest absolute Gasteiger partial charge is 0.404 e. The molecule has 0 spiro atoms. The third-order valence-corrected chi connectivity index (χ3v) is 3.32. The van der Waals surface area contributed by atoms with Gasteiger partial charge in [-0.1, -0.05) is 0 Å². The highest BCUT2D eigenvalue weighted by atomic mass is 19.4. The van der Waals surface area contributed by atoms with Crippen LogP contribution in [-0.4, -0.2) is 48.6 Å². The molecule has 2 amide bonds. The molecule has 0 saturated carbocycles. The smallest absolute Gasteiger partial charge is 0.368 e. The molecule has 0 aromatic rings. The van der Waals surface area contributed by atoms with Gasteiger partial charge in [0.15, 0.2) is 5.41 Å². The molecule has 1 aliphatic rings. The van der Waals surface area contributed by atoms with Gasteiger partial charge in [0.1, 0.15) is 0 Å². The van der Waals surface area contributed by atoms with Crippen molar-refractivity contribution < 1.29 is 22.8 Å². The number of carbonyl (C=O) groups excluding carboxylic acids is 2. The highest BCUT2D eigenvalue weighted by Crippen LogP contribution is 2.44. The number of primary amides is 1. The topological polar surface area (TPSA) is 75.4 Å². The summed E-state index contributed by atoms with van der Waals surface area (Å²) in [5.41, 5.74) is 2.54. The summed E-state index contributed by atoms with van der Waals surface area (Å²) in [6.07, 6.45) is -4.98. The molecular weight excluding hydrogens is 263 g/mol. The molecule has 19 heavy (non-hydrogen) atoms. The van der Waals surface area contributed by atoms with Gasteiger partial charge >= 0.3 is 6.18 Å². The zero-order chi connectivity index (χ0) is 14.8. The first-order valence-electron chi connectivity index (χ1n) is 5.98. The van der Waals surface area contributed by atoms with Crippen molar-refractivity contribution >= 4 is 11.8 Å². The fourth-order valence-corrected chi connectivity index (χ4v) is 2.17. The molecule has 1 atom stereocenters. The third-order valence-electron chi connectivity index (χ3n) is 3.32. The zero-order valence-corrected chi connectivity index (χ0v) is 10.9. The van der Waals surface area contributed by atoms with Gasteiger partial charge in [0.2, 0.25) is 11.8 Å². The first-order valence-corrected chi connectivity index (χ1v) is 5.98. The molecule has 1 unspecified atom stereocenters. The number of nitrogens with two attached hydrogens (primary N) is 1. The molecule has 0 radical (unpaired) electrons. The van der Waals surface area contributed by atoms with Crippen molar-refractivity contribution in [3.63, 3.8) is 0 Å². The number of nitrogens with zero attached hydrogens (tertiary/aromatic N) is 1. The number of halogens is 3. The summed E-state index contributed by atoms with van der Waals surface area (Å²) in [5.74, 6) is -1.91. The van der Waals surface area contributed by atoms with Gasteiger partial charge in [-0.2, -0.15) is 13.2 Å². The second-order valence-corrected chi connectivity index (χ2v) is 5.00. The quantitative estimate of drug-likeness (QED) is 0.775. The lowest BCUT2D eigenvalue weighted by Crippen LogP contribution is -2.56. The lowest BCUT2D eigenvalue weighted by atomic mass is 9.84. The molecule has 8 heteroatoms. The molecule has 5 nitrogen and oxygen atoms in total. The van der Waals surface area contributed by atoms with Crippen LogP contribution in [0.15, 0.2) is 0 Å². The average Bonchev–Trinajstić information content (AvgIpc) is 2.73. The Morgan fingerprint density at radius 2 is 2.00 bits per heavy atom. The third kappa shape index (κ3) is 2.99. The van der Waals surface area contributed by atoms with Gasteiger partial charge in [-0.3, -0.25) is 9.59 Å². The first-order chi connectivity index (χ1) is 8.62. The summed E-state index contributed by atoms with van der Waals surface area (Å²) in [4.78, 5) is 24.1. The predicted molar refractivity (Wildman–Crippen MR) is 62.0 cm³/mol. The minimum Gasteiger partial charge on any atom is -0.368 e. The van der Waals surface area contributed by atoms with E-state index in [1.165, 1.54) is 0 Å². The van der Waals surface area contributed by atoms with Crippen molar-refractivity contribution in [3.8, 4) is 0 Å². The summed E-state index contributed by atoms with van der Waals surface area (Å²) in [6, 6.07) is -0.528. The molecule has 110 valence electrons. The van der Waals surface area contributed by atoms with Crippen LogP contribution in [-0.2, 0) is 9.59 Å². The first kappa shape index (κ1) is 15.7. The van der Waals surface area contributed by atoms with Crippen LogP contribution in [0.5, 0.6) is 0 Å². The van der Waals surface area contributed by atoms with E-state index >= 15 is 0 Å². The highest BCUT2D eigenvalue weighted by molar-refractivity contribution is 5.88. The average molecular weight is 281 g/mol. The number of hydrogen-bond acceptors (Lipinski definition) is 3. The Bertz CT molecular complexity index is 363. The lowest BCUT2D eigenvalue weighted by molar-refractivity contribution is -0.222. The van der Waals surface area contributed by atoms with Crippen LogP contribution in [0, 0.1) is 5.41 Å². The maximum atomic E-state index is 13.2. The summed E-state index contributed by atoms with van der Waals surface area (Å²) >= 11 is 0. The van der Waals surface area contributed by atoms with Crippen LogP contribution < -0.4 is 11.1 Å². The Morgan fingerprint density at radius 3 is 2.32 bits per heavy atom. The van der Waals surface area contributed by atoms with Gasteiger partial charge in [-0.15, -0.1) is 0 Å². The number of alkyl halides is 3. The van der Waals surface area contributed by atoms with E-state index in [0.717, 1.165) is 4.90 Å². The van der Waals surface area contributed by atoms with Gasteiger partial charge in [0, 0.05) is 12.6 Å². The molecule has 1 heterocycles. The van der Waals surface area contributed by atoms with Gasteiger partial charge < -0.3 is 16.0 Å². The van der Waals surface area contributed by atoms with Crippen molar-refractivity contribution in [3.05, 3.63) is 0 Å². The molecule has 3 N–H and O–H groups in total. The van der Waals surface area contributed by atoms with Gasteiger partial charge in [0.05, 0.1) is 6.54 Å². The number of nitrogens with one attached hydrogen (secondary N) is 1. The molecule has 1 fully saturated rings.